The Bertz CT molecular complexity index is 649. The van der Waals surface area contributed by atoms with Crippen molar-refractivity contribution in [2.24, 2.45) is 5.92 Å². The number of hydrogen-bond acceptors (Lipinski definition) is 2. The molecule has 2 heterocycles. The van der Waals surface area contributed by atoms with Gasteiger partial charge < -0.3 is 15.1 Å². The molecule has 0 bridgehead atoms. The van der Waals surface area contributed by atoms with Crippen LogP contribution in [0.25, 0.3) is 0 Å². The van der Waals surface area contributed by atoms with Gasteiger partial charge in [0.15, 0.2) is 0 Å². The lowest BCUT2D eigenvalue weighted by Crippen LogP contribution is -2.47. The molecule has 0 radical (unpaired) electrons. The Labute approximate surface area is 158 Å². The Morgan fingerprint density at radius 1 is 1.00 bits per heavy atom. The van der Waals surface area contributed by atoms with Crippen LogP contribution < -0.4 is 5.32 Å². The lowest BCUT2D eigenvalue weighted by Gasteiger charge is -2.34. The van der Waals surface area contributed by atoms with Crippen molar-refractivity contribution in [3.8, 4) is 0 Å². The zero-order chi connectivity index (χ0) is 18.0. The summed E-state index contributed by atoms with van der Waals surface area (Å²) >= 11 is 1.58. The molecular formula is C17H20F2IN3O2. The van der Waals surface area contributed by atoms with Crippen molar-refractivity contribution in [2.45, 2.75) is 25.7 Å². The molecule has 2 fully saturated rings. The summed E-state index contributed by atoms with van der Waals surface area (Å²) < 4.78 is 27.1. The van der Waals surface area contributed by atoms with Gasteiger partial charge in [0.25, 0.3) is 0 Å². The molecular weight excluding hydrogens is 443 g/mol. The van der Waals surface area contributed by atoms with Crippen LogP contribution in [0, 0.1) is 21.1 Å². The van der Waals surface area contributed by atoms with Gasteiger partial charge in [-0.2, -0.15) is 0 Å². The van der Waals surface area contributed by atoms with Gasteiger partial charge in [0, 0.05) is 37.8 Å². The first kappa shape index (κ1) is 18.3. The summed E-state index contributed by atoms with van der Waals surface area (Å²) in [6.45, 7) is 2.68. The van der Waals surface area contributed by atoms with Crippen molar-refractivity contribution in [1.29, 1.82) is 0 Å². The summed E-state index contributed by atoms with van der Waals surface area (Å²) in [4.78, 5) is 28.3. The second kappa shape index (κ2) is 7.84. The van der Waals surface area contributed by atoms with E-state index >= 15 is 0 Å². The first-order valence-electron chi connectivity index (χ1n) is 8.45. The predicted octanol–water partition coefficient (Wildman–Crippen LogP) is 3.44. The minimum Gasteiger partial charge on any atom is -0.326 e. The summed E-state index contributed by atoms with van der Waals surface area (Å²) in [5.74, 6) is -1.90. The predicted molar refractivity (Wildman–Crippen MR) is 98.2 cm³/mol. The van der Waals surface area contributed by atoms with E-state index in [0.29, 0.717) is 25.9 Å². The van der Waals surface area contributed by atoms with E-state index in [-0.39, 0.29) is 27.1 Å². The van der Waals surface area contributed by atoms with Crippen LogP contribution in [0.5, 0.6) is 0 Å². The molecule has 2 saturated heterocycles. The number of carbonyl (C=O) groups is 2. The third-order valence-corrected chi connectivity index (χ3v) is 5.79. The van der Waals surface area contributed by atoms with Crippen LogP contribution >= 0.6 is 22.6 Å². The monoisotopic (exact) mass is 463 g/mol. The van der Waals surface area contributed by atoms with Gasteiger partial charge in [0.2, 0.25) is 5.91 Å². The average Bonchev–Trinajstić information content (AvgIpc) is 3.13. The fourth-order valence-corrected chi connectivity index (χ4v) is 3.62. The van der Waals surface area contributed by atoms with Crippen LogP contribution in [0.15, 0.2) is 12.1 Å². The van der Waals surface area contributed by atoms with Crippen LogP contribution in [0.4, 0.5) is 19.3 Å². The van der Waals surface area contributed by atoms with E-state index in [2.05, 4.69) is 5.32 Å². The average molecular weight is 463 g/mol. The number of urea groups is 1. The number of carbonyl (C=O) groups excluding carboxylic acids is 2. The minimum atomic E-state index is -0.693. The quantitative estimate of drug-likeness (QED) is 0.540. The number of nitrogens with one attached hydrogen (secondary N) is 1. The van der Waals surface area contributed by atoms with E-state index in [9.17, 15) is 18.4 Å². The van der Waals surface area contributed by atoms with Crippen LogP contribution in [0.1, 0.15) is 25.7 Å². The molecule has 136 valence electrons. The number of halogens is 3. The van der Waals surface area contributed by atoms with Crippen molar-refractivity contribution >= 4 is 40.2 Å². The smallest absolute Gasteiger partial charge is 0.319 e. The maximum Gasteiger partial charge on any atom is 0.319 e. The molecule has 25 heavy (non-hydrogen) atoms. The van der Waals surface area contributed by atoms with E-state index < -0.39 is 11.6 Å². The van der Waals surface area contributed by atoms with Crippen molar-refractivity contribution in [2.75, 3.05) is 31.5 Å². The summed E-state index contributed by atoms with van der Waals surface area (Å²) in [5.41, 5.74) is 0.121. The lowest BCUT2D eigenvalue weighted by atomic mass is 9.96. The number of rotatable bonds is 2. The Balaban J connectivity index is 1.54. The minimum absolute atomic E-state index is 0.0538. The number of benzene rings is 1. The van der Waals surface area contributed by atoms with Gasteiger partial charge in [-0.05, 0) is 60.4 Å². The van der Waals surface area contributed by atoms with Crippen molar-refractivity contribution in [1.82, 2.24) is 9.80 Å². The number of nitrogens with zero attached hydrogens (tertiary/aromatic N) is 2. The second-order valence-electron chi connectivity index (χ2n) is 6.48. The molecule has 0 saturated carbocycles. The second-order valence-corrected chi connectivity index (χ2v) is 7.56. The first-order valence-corrected chi connectivity index (χ1v) is 9.53. The van der Waals surface area contributed by atoms with Crippen molar-refractivity contribution in [3.05, 3.63) is 27.3 Å². The van der Waals surface area contributed by atoms with Crippen molar-refractivity contribution in [3.63, 3.8) is 0 Å². The maximum atomic E-state index is 13.6. The topological polar surface area (TPSA) is 52.7 Å². The maximum absolute atomic E-state index is 13.6. The number of piperidine rings is 1. The third kappa shape index (κ3) is 4.21. The van der Waals surface area contributed by atoms with E-state index in [1.807, 2.05) is 4.90 Å². The van der Waals surface area contributed by atoms with E-state index in [0.717, 1.165) is 38.1 Å². The Hall–Kier alpha value is -1.45. The lowest BCUT2D eigenvalue weighted by molar-refractivity contribution is -0.121. The molecule has 0 atom stereocenters. The Morgan fingerprint density at radius 3 is 2.08 bits per heavy atom. The molecule has 5 nitrogen and oxygen atoms in total. The molecule has 2 aliphatic rings. The summed E-state index contributed by atoms with van der Waals surface area (Å²) in [5, 5.41) is 2.58. The summed E-state index contributed by atoms with van der Waals surface area (Å²) in [7, 11) is 0. The normalized spacial score (nSPS) is 18.5. The Morgan fingerprint density at radius 2 is 1.52 bits per heavy atom. The highest BCUT2D eigenvalue weighted by atomic mass is 127. The standard InChI is InChI=1S/C17H20F2IN3O2/c18-13-9-12(10-14(19)15(13)20)21-16(24)11-3-7-23(8-4-11)17(25)22-5-1-2-6-22/h9-11H,1-8H2,(H,21,24). The number of likely N-dealkylation sites (tertiary alicyclic amines) is 2. The highest BCUT2D eigenvalue weighted by molar-refractivity contribution is 14.1. The van der Waals surface area contributed by atoms with Gasteiger partial charge in [-0.25, -0.2) is 13.6 Å². The molecule has 1 N–H and O–H groups in total. The van der Waals surface area contributed by atoms with E-state index in [4.69, 9.17) is 0 Å². The molecule has 3 amide bonds. The van der Waals surface area contributed by atoms with Gasteiger partial charge in [0.1, 0.15) is 11.6 Å². The SMILES string of the molecule is O=C(Nc1cc(F)c(I)c(F)c1)C1CCN(C(=O)N2CCCC2)CC1. The van der Waals surface area contributed by atoms with Crippen molar-refractivity contribution < 1.29 is 18.4 Å². The zero-order valence-electron chi connectivity index (χ0n) is 13.7. The van der Waals surface area contributed by atoms with Gasteiger partial charge >= 0.3 is 6.03 Å². The van der Waals surface area contributed by atoms with Gasteiger partial charge in [0.05, 0.1) is 3.57 Å². The van der Waals surface area contributed by atoms with Crippen LogP contribution in [0.3, 0.4) is 0 Å². The molecule has 0 unspecified atom stereocenters. The number of anilines is 1. The first-order chi connectivity index (χ1) is 12.0. The van der Waals surface area contributed by atoms with Gasteiger partial charge in [-0.1, -0.05) is 0 Å². The molecule has 0 spiro atoms. The largest absolute Gasteiger partial charge is 0.326 e. The third-order valence-electron chi connectivity index (χ3n) is 4.76. The van der Waals surface area contributed by atoms with Gasteiger partial charge in [-0.15, -0.1) is 0 Å². The van der Waals surface area contributed by atoms with Crippen LogP contribution in [-0.2, 0) is 4.79 Å². The number of hydrogen-bond donors (Lipinski definition) is 1. The molecule has 1 aromatic rings. The molecule has 3 rings (SSSR count). The molecule has 0 aromatic heterocycles. The Kier molecular flexibility index (Phi) is 5.75. The van der Waals surface area contributed by atoms with Crippen LogP contribution in [-0.4, -0.2) is 47.9 Å². The highest BCUT2D eigenvalue weighted by Gasteiger charge is 2.30. The van der Waals surface area contributed by atoms with Crippen LogP contribution in [0.2, 0.25) is 0 Å². The molecule has 0 aliphatic carbocycles. The highest BCUT2D eigenvalue weighted by Crippen LogP contribution is 2.24. The fourth-order valence-electron chi connectivity index (χ4n) is 3.31. The molecule has 8 heteroatoms. The zero-order valence-corrected chi connectivity index (χ0v) is 15.9. The summed E-state index contributed by atoms with van der Waals surface area (Å²) in [6.07, 6.45) is 3.21. The molecule has 1 aromatic carbocycles. The van der Waals surface area contributed by atoms with E-state index in [1.54, 1.807) is 27.5 Å². The number of amides is 3. The van der Waals surface area contributed by atoms with E-state index in [1.165, 1.54) is 0 Å². The fraction of sp³-hybridized carbons (Fsp3) is 0.529. The molecule has 2 aliphatic heterocycles. The van der Waals surface area contributed by atoms with Gasteiger partial charge in [-0.3, -0.25) is 4.79 Å². The summed E-state index contributed by atoms with van der Waals surface area (Å²) in [6, 6.07) is 2.29.